The van der Waals surface area contributed by atoms with E-state index in [1.807, 2.05) is 0 Å². The van der Waals surface area contributed by atoms with Crippen LogP contribution in [0.1, 0.15) is 104 Å². The monoisotopic (exact) mass is 315 g/mol. The van der Waals surface area contributed by atoms with Gasteiger partial charge in [-0.15, -0.1) is 0 Å². The largest absolute Gasteiger partial charge is 0.870 e. The fourth-order valence-electron chi connectivity index (χ4n) is 2.89. The molecule has 0 saturated heterocycles. The van der Waals surface area contributed by atoms with Crippen LogP contribution in [0.3, 0.4) is 0 Å². The molecule has 0 amide bonds. The summed E-state index contributed by atoms with van der Waals surface area (Å²) in [5.74, 6) is 0. The summed E-state index contributed by atoms with van der Waals surface area (Å²) < 4.78 is 1.19. The molecule has 0 aromatic carbocycles. The van der Waals surface area contributed by atoms with Gasteiger partial charge in [-0.25, -0.2) is 0 Å². The highest BCUT2D eigenvalue weighted by Crippen LogP contribution is 2.13. The van der Waals surface area contributed by atoms with Crippen molar-refractivity contribution in [2.75, 3.05) is 27.2 Å². The van der Waals surface area contributed by atoms with Crippen LogP contribution in [0.2, 0.25) is 0 Å². The second-order valence-corrected chi connectivity index (χ2v) is 7.57. The van der Waals surface area contributed by atoms with E-state index in [0.29, 0.717) is 0 Å². The molecule has 0 radical (unpaired) electrons. The first-order chi connectivity index (χ1) is 10.1. The Kier molecular flexibility index (Phi) is 19.0. The molecule has 2 nitrogen and oxygen atoms in total. The molecule has 0 rings (SSSR count). The summed E-state index contributed by atoms with van der Waals surface area (Å²) >= 11 is 0. The van der Waals surface area contributed by atoms with Crippen molar-refractivity contribution in [2.24, 2.45) is 0 Å². The number of nitrogens with zero attached hydrogens (tertiary/aromatic N) is 1. The van der Waals surface area contributed by atoms with Gasteiger partial charge < -0.3 is 9.96 Å². The lowest BCUT2D eigenvalue weighted by atomic mass is 10.0. The van der Waals surface area contributed by atoms with Crippen molar-refractivity contribution in [1.82, 2.24) is 0 Å². The summed E-state index contributed by atoms with van der Waals surface area (Å²) in [5, 5.41) is 0. The first kappa shape index (κ1) is 24.2. The van der Waals surface area contributed by atoms with Crippen molar-refractivity contribution in [3.63, 3.8) is 0 Å². The van der Waals surface area contributed by atoms with Crippen LogP contribution < -0.4 is 0 Å². The smallest absolute Gasteiger partial charge is 0.0782 e. The maximum Gasteiger partial charge on any atom is 0.0782 e. The van der Waals surface area contributed by atoms with Crippen LogP contribution in [0.5, 0.6) is 0 Å². The second-order valence-electron chi connectivity index (χ2n) is 7.57. The molecule has 1 N–H and O–H groups in total. The maximum absolute atomic E-state index is 2.35. The Morgan fingerprint density at radius 1 is 0.500 bits per heavy atom. The van der Waals surface area contributed by atoms with Crippen molar-refractivity contribution >= 4 is 0 Å². The lowest BCUT2D eigenvalue weighted by Crippen LogP contribution is -2.39. The van der Waals surface area contributed by atoms with E-state index < -0.39 is 0 Å². The van der Waals surface area contributed by atoms with Gasteiger partial charge in [0.15, 0.2) is 0 Å². The molecule has 0 spiro atoms. The fourth-order valence-corrected chi connectivity index (χ4v) is 2.89. The van der Waals surface area contributed by atoms with Gasteiger partial charge in [-0.3, -0.25) is 0 Å². The van der Waals surface area contributed by atoms with Crippen LogP contribution in [0.15, 0.2) is 0 Å². The van der Waals surface area contributed by atoms with Crippen LogP contribution in [0.25, 0.3) is 0 Å². The van der Waals surface area contributed by atoms with Gasteiger partial charge in [0.2, 0.25) is 0 Å². The number of rotatable bonds is 16. The van der Waals surface area contributed by atoms with Gasteiger partial charge in [0.1, 0.15) is 0 Å². The van der Waals surface area contributed by atoms with E-state index in [9.17, 15) is 0 Å². The molecule has 0 aromatic heterocycles. The zero-order valence-electron chi connectivity index (χ0n) is 16.2. The van der Waals surface area contributed by atoms with Crippen molar-refractivity contribution in [3.8, 4) is 0 Å². The second kappa shape index (κ2) is 17.3. The molecule has 2 heteroatoms. The molecule has 0 heterocycles. The van der Waals surface area contributed by atoms with E-state index in [1.165, 1.54) is 107 Å². The van der Waals surface area contributed by atoms with E-state index in [2.05, 4.69) is 27.9 Å². The molecule has 0 bridgehead atoms. The number of hydrogen-bond acceptors (Lipinski definition) is 1. The van der Waals surface area contributed by atoms with Crippen LogP contribution >= 0.6 is 0 Å². The molecular weight excluding hydrogens is 270 g/mol. The van der Waals surface area contributed by atoms with Crippen molar-refractivity contribution in [3.05, 3.63) is 0 Å². The first-order valence-corrected chi connectivity index (χ1v) is 9.94. The van der Waals surface area contributed by atoms with Crippen LogP contribution in [0.4, 0.5) is 0 Å². The Labute approximate surface area is 141 Å². The Morgan fingerprint density at radius 3 is 1.14 bits per heavy atom. The Morgan fingerprint density at radius 2 is 0.818 bits per heavy atom. The normalized spacial score (nSPS) is 11.5. The van der Waals surface area contributed by atoms with E-state index >= 15 is 0 Å². The zero-order valence-corrected chi connectivity index (χ0v) is 16.2. The van der Waals surface area contributed by atoms with E-state index in [1.54, 1.807) is 0 Å². The van der Waals surface area contributed by atoms with Crippen molar-refractivity contribution in [1.29, 1.82) is 0 Å². The number of hydrogen-bond donors (Lipinski definition) is 0. The average molecular weight is 316 g/mol. The predicted octanol–water partition coefficient (Wildman–Crippen LogP) is 6.39. The van der Waals surface area contributed by atoms with Crippen LogP contribution in [-0.4, -0.2) is 37.1 Å². The van der Waals surface area contributed by atoms with Gasteiger partial charge in [-0.05, 0) is 19.8 Å². The molecule has 0 aromatic rings. The van der Waals surface area contributed by atoms with Gasteiger partial charge in [-0.2, -0.15) is 0 Å². The quantitative estimate of drug-likeness (QED) is 0.240. The van der Waals surface area contributed by atoms with E-state index in [0.717, 1.165) is 0 Å². The minimum absolute atomic E-state index is 0. The van der Waals surface area contributed by atoms with Crippen LogP contribution in [0, 0.1) is 0 Å². The molecule has 0 fully saturated rings. The molecule has 0 unspecified atom stereocenters. The third kappa shape index (κ3) is 18.0. The van der Waals surface area contributed by atoms with Gasteiger partial charge in [0.25, 0.3) is 0 Å². The predicted molar refractivity (Wildman–Crippen MR) is 99.8 cm³/mol. The molecule has 0 aliphatic rings. The Bertz CT molecular complexity index is 204. The topological polar surface area (TPSA) is 30.0 Å². The third-order valence-corrected chi connectivity index (χ3v) is 4.97. The highest BCUT2D eigenvalue weighted by molar-refractivity contribution is 4.49. The lowest BCUT2D eigenvalue weighted by Gasteiger charge is -2.28. The Balaban J connectivity index is 0. The summed E-state index contributed by atoms with van der Waals surface area (Å²) in [6.07, 6.45) is 20.4. The molecular formula is C20H45NO. The van der Waals surface area contributed by atoms with Gasteiger partial charge in [0, 0.05) is 0 Å². The van der Waals surface area contributed by atoms with Gasteiger partial charge in [0.05, 0.1) is 27.2 Å². The standard InChI is InChI=1S/C20H44N.H2O/c1-5-7-8-9-10-11-12-13-14-15-16-17-18-19-20-21(3,4)6-2;/h5-20H2,1-4H3;1H2/q+1;/p-1. The minimum Gasteiger partial charge on any atom is -0.870 e. The highest BCUT2D eigenvalue weighted by Gasteiger charge is 2.09. The minimum atomic E-state index is 0. The van der Waals surface area contributed by atoms with E-state index in [-0.39, 0.29) is 5.48 Å². The molecule has 0 aliphatic heterocycles. The Hall–Kier alpha value is -0.0800. The summed E-state index contributed by atoms with van der Waals surface area (Å²) in [4.78, 5) is 0. The molecule has 136 valence electrons. The third-order valence-electron chi connectivity index (χ3n) is 4.97. The SMILES string of the molecule is CCCCCCCCCCCCCCCC[N+](C)(C)CC.[OH-]. The first-order valence-electron chi connectivity index (χ1n) is 9.94. The molecule has 0 saturated carbocycles. The summed E-state index contributed by atoms with van der Waals surface area (Å²) in [5.41, 5.74) is 0. The van der Waals surface area contributed by atoms with Gasteiger partial charge >= 0.3 is 0 Å². The molecule has 0 aliphatic carbocycles. The average Bonchev–Trinajstić information content (AvgIpc) is 2.47. The highest BCUT2D eigenvalue weighted by atomic mass is 16.0. The number of unbranched alkanes of at least 4 members (excludes halogenated alkanes) is 13. The van der Waals surface area contributed by atoms with Crippen molar-refractivity contribution < 1.29 is 9.96 Å². The lowest BCUT2D eigenvalue weighted by molar-refractivity contribution is -0.888. The summed E-state index contributed by atoms with van der Waals surface area (Å²) in [6, 6.07) is 0. The van der Waals surface area contributed by atoms with E-state index in [4.69, 9.17) is 0 Å². The van der Waals surface area contributed by atoms with Crippen molar-refractivity contribution in [2.45, 2.75) is 104 Å². The molecule has 0 atom stereocenters. The van der Waals surface area contributed by atoms with Crippen LogP contribution in [-0.2, 0) is 0 Å². The van der Waals surface area contributed by atoms with Gasteiger partial charge in [-0.1, -0.05) is 84.0 Å². The number of quaternary nitrogens is 1. The summed E-state index contributed by atoms with van der Waals surface area (Å²) in [6.45, 7) is 7.21. The zero-order chi connectivity index (χ0) is 15.8. The maximum atomic E-state index is 2.35. The fraction of sp³-hybridized carbons (Fsp3) is 1.00. The summed E-state index contributed by atoms with van der Waals surface area (Å²) in [7, 11) is 4.70. The molecule has 22 heavy (non-hydrogen) atoms.